The molecule has 0 atom stereocenters. The van der Waals surface area contributed by atoms with Crippen LogP contribution in [0.2, 0.25) is 0 Å². The van der Waals surface area contributed by atoms with Gasteiger partial charge >= 0.3 is 0 Å². The van der Waals surface area contributed by atoms with Crippen molar-refractivity contribution < 1.29 is 14.3 Å². The normalized spacial score (nSPS) is 10.8. The lowest BCUT2D eigenvalue weighted by atomic mass is 10.2. The predicted molar refractivity (Wildman–Crippen MR) is 117 cm³/mol. The lowest BCUT2D eigenvalue weighted by Crippen LogP contribution is -2.32. The molecule has 7 heteroatoms. The van der Waals surface area contributed by atoms with Crippen molar-refractivity contribution in [3.63, 3.8) is 0 Å². The highest BCUT2D eigenvalue weighted by atomic mass is 32.1. The first-order chi connectivity index (χ1) is 14.1. The second kappa shape index (κ2) is 10.0. The molecule has 1 amide bonds. The highest BCUT2D eigenvalue weighted by Gasteiger charge is 2.13. The van der Waals surface area contributed by atoms with E-state index in [4.69, 9.17) is 14.5 Å². The van der Waals surface area contributed by atoms with E-state index in [1.54, 1.807) is 31.6 Å². The van der Waals surface area contributed by atoms with Gasteiger partial charge in [-0.25, -0.2) is 4.98 Å². The van der Waals surface area contributed by atoms with Gasteiger partial charge in [-0.3, -0.25) is 9.69 Å². The Balaban J connectivity index is 1.59. The molecule has 0 aliphatic carbocycles. The number of rotatable bonds is 9. The Hall–Kier alpha value is -2.90. The standard InChI is InChI=1S/C22H25N3O3S/c1-4-25(14-21(26)23-17-6-5-7-20(12-17)28-3)13-18-15-29-22(24-18)16-8-10-19(27-2)11-9-16/h5-12,15H,4,13-14H2,1-3H3,(H,23,26). The van der Waals surface area contributed by atoms with Crippen molar-refractivity contribution in [1.82, 2.24) is 9.88 Å². The Labute approximate surface area is 175 Å². The smallest absolute Gasteiger partial charge is 0.238 e. The molecule has 0 spiro atoms. The number of aromatic nitrogens is 1. The van der Waals surface area contributed by atoms with Gasteiger partial charge in [-0.1, -0.05) is 13.0 Å². The number of hydrogen-bond donors (Lipinski definition) is 1. The van der Waals surface area contributed by atoms with Crippen LogP contribution in [0.1, 0.15) is 12.6 Å². The molecular weight excluding hydrogens is 386 g/mol. The zero-order valence-electron chi connectivity index (χ0n) is 16.8. The number of carbonyl (C=O) groups is 1. The minimum absolute atomic E-state index is 0.0642. The van der Waals surface area contributed by atoms with E-state index in [1.165, 1.54) is 0 Å². The number of nitrogens with zero attached hydrogens (tertiary/aromatic N) is 2. The molecule has 1 N–H and O–H groups in total. The third-order valence-electron chi connectivity index (χ3n) is 4.44. The van der Waals surface area contributed by atoms with Gasteiger partial charge < -0.3 is 14.8 Å². The van der Waals surface area contributed by atoms with E-state index in [1.807, 2.05) is 54.8 Å². The Morgan fingerprint density at radius 3 is 2.55 bits per heavy atom. The minimum atomic E-state index is -0.0642. The summed E-state index contributed by atoms with van der Waals surface area (Å²) in [6, 6.07) is 15.2. The SMILES string of the molecule is CCN(CC(=O)Nc1cccc(OC)c1)Cc1csc(-c2ccc(OC)cc2)n1. The molecule has 0 saturated heterocycles. The quantitative estimate of drug-likeness (QED) is 0.569. The molecule has 6 nitrogen and oxygen atoms in total. The Morgan fingerprint density at radius 2 is 1.86 bits per heavy atom. The molecule has 0 saturated carbocycles. The zero-order chi connectivity index (χ0) is 20.6. The first-order valence-corrected chi connectivity index (χ1v) is 10.2. The Morgan fingerprint density at radius 1 is 1.10 bits per heavy atom. The van der Waals surface area contributed by atoms with Crippen LogP contribution in [0.3, 0.4) is 0 Å². The summed E-state index contributed by atoms with van der Waals surface area (Å²) in [5.74, 6) is 1.47. The van der Waals surface area contributed by atoms with Gasteiger partial charge in [0.25, 0.3) is 0 Å². The van der Waals surface area contributed by atoms with Crippen molar-refractivity contribution in [2.45, 2.75) is 13.5 Å². The van der Waals surface area contributed by atoms with Crippen LogP contribution in [0, 0.1) is 0 Å². The number of likely N-dealkylation sites (N-methyl/N-ethyl adjacent to an activating group) is 1. The maximum absolute atomic E-state index is 12.4. The molecule has 1 heterocycles. The fourth-order valence-electron chi connectivity index (χ4n) is 2.86. The van der Waals surface area contributed by atoms with Gasteiger partial charge in [0.15, 0.2) is 0 Å². The summed E-state index contributed by atoms with van der Waals surface area (Å²) in [5, 5.41) is 5.92. The van der Waals surface area contributed by atoms with Crippen LogP contribution in [0.5, 0.6) is 11.5 Å². The van der Waals surface area contributed by atoms with E-state index in [0.29, 0.717) is 18.8 Å². The number of amides is 1. The minimum Gasteiger partial charge on any atom is -0.497 e. The van der Waals surface area contributed by atoms with Crippen LogP contribution >= 0.6 is 11.3 Å². The summed E-state index contributed by atoms with van der Waals surface area (Å²) < 4.78 is 10.4. The highest BCUT2D eigenvalue weighted by Crippen LogP contribution is 2.26. The van der Waals surface area contributed by atoms with E-state index in [0.717, 1.165) is 34.2 Å². The average molecular weight is 412 g/mol. The number of benzene rings is 2. The van der Waals surface area contributed by atoms with Gasteiger partial charge in [-0.05, 0) is 42.9 Å². The molecular formula is C22H25N3O3S. The topological polar surface area (TPSA) is 63.7 Å². The molecule has 0 bridgehead atoms. The molecule has 2 aromatic carbocycles. The van der Waals surface area contributed by atoms with Crippen LogP contribution in [0.15, 0.2) is 53.9 Å². The third-order valence-corrected chi connectivity index (χ3v) is 5.38. The summed E-state index contributed by atoms with van der Waals surface area (Å²) in [6.07, 6.45) is 0. The van der Waals surface area contributed by atoms with Crippen molar-refractivity contribution in [1.29, 1.82) is 0 Å². The maximum Gasteiger partial charge on any atom is 0.238 e. The third kappa shape index (κ3) is 5.79. The summed E-state index contributed by atoms with van der Waals surface area (Å²) >= 11 is 1.60. The monoisotopic (exact) mass is 411 g/mol. The van der Waals surface area contributed by atoms with E-state index >= 15 is 0 Å². The second-order valence-electron chi connectivity index (χ2n) is 6.46. The molecule has 0 aliphatic heterocycles. The van der Waals surface area contributed by atoms with Crippen LogP contribution in [-0.2, 0) is 11.3 Å². The molecule has 3 aromatic rings. The molecule has 3 rings (SSSR count). The van der Waals surface area contributed by atoms with E-state index < -0.39 is 0 Å². The molecule has 0 unspecified atom stereocenters. The number of nitrogens with one attached hydrogen (secondary N) is 1. The van der Waals surface area contributed by atoms with Gasteiger partial charge in [-0.15, -0.1) is 11.3 Å². The summed E-state index contributed by atoms with van der Waals surface area (Å²) in [6.45, 7) is 3.70. The molecule has 1 aromatic heterocycles. The lowest BCUT2D eigenvalue weighted by Gasteiger charge is -2.18. The largest absolute Gasteiger partial charge is 0.497 e. The maximum atomic E-state index is 12.4. The molecule has 0 aliphatic rings. The fraction of sp³-hybridized carbons (Fsp3) is 0.273. The van der Waals surface area contributed by atoms with Crippen molar-refractivity contribution >= 4 is 22.9 Å². The molecule has 29 heavy (non-hydrogen) atoms. The molecule has 0 radical (unpaired) electrons. The highest BCUT2D eigenvalue weighted by molar-refractivity contribution is 7.13. The first kappa shape index (κ1) is 20.8. The summed E-state index contributed by atoms with van der Waals surface area (Å²) in [4.78, 5) is 19.2. The number of carbonyl (C=O) groups excluding carboxylic acids is 1. The van der Waals surface area contributed by atoms with Crippen LogP contribution in [0.4, 0.5) is 5.69 Å². The van der Waals surface area contributed by atoms with Crippen molar-refractivity contribution in [3.05, 3.63) is 59.6 Å². The number of ether oxygens (including phenoxy) is 2. The van der Waals surface area contributed by atoms with E-state index in [2.05, 4.69) is 10.2 Å². The predicted octanol–water partition coefficient (Wildman–Crippen LogP) is 4.29. The van der Waals surface area contributed by atoms with Crippen molar-refractivity contribution in [3.8, 4) is 22.1 Å². The average Bonchev–Trinajstić information content (AvgIpc) is 3.22. The van der Waals surface area contributed by atoms with Crippen LogP contribution in [0.25, 0.3) is 10.6 Å². The van der Waals surface area contributed by atoms with Gasteiger partial charge in [0.05, 0.1) is 26.5 Å². The number of methoxy groups -OCH3 is 2. The van der Waals surface area contributed by atoms with Crippen LogP contribution in [-0.4, -0.2) is 43.1 Å². The van der Waals surface area contributed by atoms with Gasteiger partial charge in [0.2, 0.25) is 5.91 Å². The van der Waals surface area contributed by atoms with Gasteiger partial charge in [-0.2, -0.15) is 0 Å². The lowest BCUT2D eigenvalue weighted by molar-refractivity contribution is -0.117. The molecule has 0 fully saturated rings. The zero-order valence-corrected chi connectivity index (χ0v) is 17.7. The van der Waals surface area contributed by atoms with Crippen LogP contribution < -0.4 is 14.8 Å². The second-order valence-corrected chi connectivity index (χ2v) is 7.31. The van der Waals surface area contributed by atoms with Gasteiger partial charge in [0.1, 0.15) is 16.5 Å². The first-order valence-electron chi connectivity index (χ1n) is 9.36. The van der Waals surface area contributed by atoms with Crippen molar-refractivity contribution in [2.75, 3.05) is 32.6 Å². The summed E-state index contributed by atoms with van der Waals surface area (Å²) in [5.41, 5.74) is 2.73. The fourth-order valence-corrected chi connectivity index (χ4v) is 3.68. The summed E-state index contributed by atoms with van der Waals surface area (Å²) in [7, 11) is 3.26. The Bertz CT molecular complexity index is 940. The number of anilines is 1. The number of hydrogen-bond acceptors (Lipinski definition) is 6. The van der Waals surface area contributed by atoms with E-state index in [9.17, 15) is 4.79 Å². The van der Waals surface area contributed by atoms with Crippen molar-refractivity contribution in [2.24, 2.45) is 0 Å². The molecule has 152 valence electrons. The number of thiazole rings is 1. The van der Waals surface area contributed by atoms with Gasteiger partial charge in [0, 0.05) is 29.2 Å². The van der Waals surface area contributed by atoms with E-state index in [-0.39, 0.29) is 5.91 Å². The Kier molecular flexibility index (Phi) is 7.21.